The predicted molar refractivity (Wildman–Crippen MR) is 111 cm³/mol. The Morgan fingerprint density at radius 1 is 0.893 bits per heavy atom. The molecule has 0 amide bonds. The summed E-state index contributed by atoms with van der Waals surface area (Å²) in [6.07, 6.45) is 0.535. The summed E-state index contributed by atoms with van der Waals surface area (Å²) in [4.78, 5) is 15.7. The molecule has 0 spiro atoms. The molecule has 28 heavy (non-hydrogen) atoms. The van der Waals surface area contributed by atoms with Gasteiger partial charge in [0.2, 0.25) is 0 Å². The highest BCUT2D eigenvalue weighted by Crippen LogP contribution is 2.39. The van der Waals surface area contributed by atoms with E-state index in [9.17, 15) is 9.90 Å². The van der Waals surface area contributed by atoms with Crippen LogP contribution in [0, 0.1) is 5.92 Å². The number of benzene rings is 3. The van der Waals surface area contributed by atoms with Gasteiger partial charge in [-0.05, 0) is 17.5 Å². The average Bonchev–Trinajstić information content (AvgIpc) is 2.77. The van der Waals surface area contributed by atoms with Crippen molar-refractivity contribution in [3.8, 4) is 0 Å². The van der Waals surface area contributed by atoms with E-state index in [1.807, 2.05) is 78.9 Å². The van der Waals surface area contributed by atoms with Crippen molar-refractivity contribution < 1.29 is 9.90 Å². The first-order valence-corrected chi connectivity index (χ1v) is 9.80. The van der Waals surface area contributed by atoms with Crippen LogP contribution in [-0.4, -0.2) is 28.9 Å². The van der Waals surface area contributed by atoms with E-state index in [1.165, 1.54) is 5.56 Å². The van der Waals surface area contributed by atoms with Gasteiger partial charge in [-0.1, -0.05) is 91.0 Å². The number of ketones is 1. The number of piperidine rings is 1. The molecular weight excluding hydrogens is 346 g/mol. The molecule has 0 unspecified atom stereocenters. The highest BCUT2D eigenvalue weighted by Gasteiger charge is 2.46. The fourth-order valence-electron chi connectivity index (χ4n) is 4.16. The van der Waals surface area contributed by atoms with Gasteiger partial charge in [-0.25, -0.2) is 0 Å². The largest absolute Gasteiger partial charge is 0.384 e. The molecule has 1 aliphatic rings. The average molecular weight is 371 g/mol. The summed E-state index contributed by atoms with van der Waals surface area (Å²) in [6.45, 7) is 2.07. The number of carbonyl (C=O) groups is 1. The molecule has 1 saturated heterocycles. The lowest BCUT2D eigenvalue weighted by molar-refractivity contribution is -0.0658. The minimum absolute atomic E-state index is 0.00437. The molecule has 0 aliphatic carbocycles. The first-order chi connectivity index (χ1) is 13.7. The lowest BCUT2D eigenvalue weighted by Gasteiger charge is -2.44. The lowest BCUT2D eigenvalue weighted by Crippen LogP contribution is -2.52. The van der Waals surface area contributed by atoms with Crippen molar-refractivity contribution in [2.24, 2.45) is 5.92 Å². The van der Waals surface area contributed by atoms with Crippen molar-refractivity contribution in [2.45, 2.75) is 18.6 Å². The molecule has 1 fully saturated rings. The second kappa shape index (κ2) is 8.09. The summed E-state index contributed by atoms with van der Waals surface area (Å²) >= 11 is 0. The second-order valence-corrected chi connectivity index (χ2v) is 7.54. The SMILES string of the molecule is O=C(c1ccccc1)[C@H]1CN(Cc2ccccc2)CC[C@@]1(O)c1ccccc1. The highest BCUT2D eigenvalue weighted by atomic mass is 16.3. The van der Waals surface area contributed by atoms with Crippen LogP contribution in [0.1, 0.15) is 27.9 Å². The Labute approximate surface area is 166 Å². The van der Waals surface area contributed by atoms with Crippen LogP contribution in [0.5, 0.6) is 0 Å². The highest BCUT2D eigenvalue weighted by molar-refractivity contribution is 5.99. The molecule has 3 aromatic carbocycles. The Kier molecular flexibility index (Phi) is 5.38. The molecule has 0 aromatic heterocycles. The maximum Gasteiger partial charge on any atom is 0.170 e. The molecule has 0 bridgehead atoms. The Bertz CT molecular complexity index is 911. The van der Waals surface area contributed by atoms with Crippen LogP contribution < -0.4 is 0 Å². The van der Waals surface area contributed by atoms with Gasteiger partial charge in [-0.3, -0.25) is 9.69 Å². The first-order valence-electron chi connectivity index (χ1n) is 9.80. The fraction of sp³-hybridized carbons (Fsp3) is 0.240. The second-order valence-electron chi connectivity index (χ2n) is 7.54. The molecule has 0 saturated carbocycles. The van der Waals surface area contributed by atoms with E-state index in [-0.39, 0.29) is 5.78 Å². The summed E-state index contributed by atoms with van der Waals surface area (Å²) in [5.74, 6) is -0.500. The molecular formula is C25H25NO2. The zero-order valence-corrected chi connectivity index (χ0v) is 15.9. The summed E-state index contributed by atoms with van der Waals surface area (Å²) in [5.41, 5.74) is 1.55. The summed E-state index contributed by atoms with van der Waals surface area (Å²) in [5, 5.41) is 11.7. The van der Waals surface area contributed by atoms with E-state index in [1.54, 1.807) is 0 Å². The standard InChI is InChI=1S/C25H25NO2/c27-24(21-12-6-2-7-13-21)23-19-26(18-20-10-4-1-5-11-20)17-16-25(23,28)22-14-8-3-9-15-22/h1-15,23,28H,16-19H2/t23-,25-/m1/s1. The number of aliphatic hydroxyl groups is 1. The van der Waals surface area contributed by atoms with Crippen LogP contribution >= 0.6 is 0 Å². The van der Waals surface area contributed by atoms with E-state index in [2.05, 4.69) is 17.0 Å². The quantitative estimate of drug-likeness (QED) is 0.681. The van der Waals surface area contributed by atoms with Gasteiger partial charge in [0, 0.05) is 25.2 Å². The number of Topliss-reactive ketones (excluding diaryl/α,β-unsaturated/α-hetero) is 1. The predicted octanol–water partition coefficient (Wildman–Crippen LogP) is 4.28. The van der Waals surface area contributed by atoms with Gasteiger partial charge in [0.1, 0.15) is 5.60 Å². The van der Waals surface area contributed by atoms with Gasteiger partial charge in [0.15, 0.2) is 5.78 Å². The van der Waals surface area contributed by atoms with Gasteiger partial charge < -0.3 is 5.11 Å². The van der Waals surface area contributed by atoms with Crippen LogP contribution in [0.2, 0.25) is 0 Å². The molecule has 1 aliphatic heterocycles. The van der Waals surface area contributed by atoms with E-state index in [4.69, 9.17) is 0 Å². The maximum absolute atomic E-state index is 13.4. The van der Waals surface area contributed by atoms with Crippen LogP contribution in [0.15, 0.2) is 91.0 Å². The molecule has 2 atom stereocenters. The van der Waals surface area contributed by atoms with Crippen molar-refractivity contribution in [1.82, 2.24) is 4.90 Å². The van der Waals surface area contributed by atoms with Crippen LogP contribution in [0.4, 0.5) is 0 Å². The summed E-state index contributed by atoms with van der Waals surface area (Å²) < 4.78 is 0. The lowest BCUT2D eigenvalue weighted by atomic mass is 9.72. The van der Waals surface area contributed by atoms with E-state index < -0.39 is 11.5 Å². The molecule has 1 heterocycles. The Hall–Kier alpha value is -2.75. The first kappa shape index (κ1) is 18.6. The number of nitrogens with zero attached hydrogens (tertiary/aromatic N) is 1. The smallest absolute Gasteiger partial charge is 0.170 e. The zero-order valence-electron chi connectivity index (χ0n) is 15.9. The Morgan fingerprint density at radius 2 is 1.46 bits per heavy atom. The minimum Gasteiger partial charge on any atom is -0.384 e. The normalized spacial score (nSPS) is 22.7. The van der Waals surface area contributed by atoms with Crippen LogP contribution in [-0.2, 0) is 12.1 Å². The molecule has 4 rings (SSSR count). The number of carbonyl (C=O) groups excluding carboxylic acids is 1. The topological polar surface area (TPSA) is 40.5 Å². The number of hydrogen-bond donors (Lipinski definition) is 1. The number of hydrogen-bond acceptors (Lipinski definition) is 3. The van der Waals surface area contributed by atoms with Crippen molar-refractivity contribution >= 4 is 5.78 Å². The third-order valence-electron chi connectivity index (χ3n) is 5.72. The van der Waals surface area contributed by atoms with E-state index >= 15 is 0 Å². The summed E-state index contributed by atoms with van der Waals surface area (Å²) in [7, 11) is 0. The zero-order chi connectivity index (χ0) is 19.4. The molecule has 3 nitrogen and oxygen atoms in total. The monoisotopic (exact) mass is 371 g/mol. The fourth-order valence-corrected chi connectivity index (χ4v) is 4.16. The summed E-state index contributed by atoms with van der Waals surface area (Å²) in [6, 6.07) is 29.3. The van der Waals surface area contributed by atoms with E-state index in [0.29, 0.717) is 18.5 Å². The van der Waals surface area contributed by atoms with Gasteiger partial charge in [-0.2, -0.15) is 0 Å². The Balaban J connectivity index is 1.65. The molecule has 3 heteroatoms. The molecule has 1 N–H and O–H groups in total. The third kappa shape index (κ3) is 3.77. The molecule has 3 aromatic rings. The van der Waals surface area contributed by atoms with Crippen LogP contribution in [0.25, 0.3) is 0 Å². The van der Waals surface area contributed by atoms with Crippen molar-refractivity contribution in [1.29, 1.82) is 0 Å². The van der Waals surface area contributed by atoms with Crippen molar-refractivity contribution in [3.63, 3.8) is 0 Å². The Morgan fingerprint density at radius 3 is 2.11 bits per heavy atom. The van der Waals surface area contributed by atoms with Gasteiger partial charge in [0.25, 0.3) is 0 Å². The molecule has 142 valence electrons. The minimum atomic E-state index is -1.15. The van der Waals surface area contributed by atoms with Crippen molar-refractivity contribution in [2.75, 3.05) is 13.1 Å². The van der Waals surface area contributed by atoms with Crippen molar-refractivity contribution in [3.05, 3.63) is 108 Å². The number of rotatable bonds is 5. The third-order valence-corrected chi connectivity index (χ3v) is 5.72. The number of likely N-dealkylation sites (tertiary alicyclic amines) is 1. The maximum atomic E-state index is 13.4. The van der Waals surface area contributed by atoms with E-state index in [0.717, 1.165) is 18.7 Å². The van der Waals surface area contributed by atoms with Crippen LogP contribution in [0.3, 0.4) is 0 Å². The van der Waals surface area contributed by atoms with Gasteiger partial charge >= 0.3 is 0 Å². The van der Waals surface area contributed by atoms with Gasteiger partial charge in [-0.15, -0.1) is 0 Å². The molecule has 0 radical (unpaired) electrons. The van der Waals surface area contributed by atoms with Gasteiger partial charge in [0.05, 0.1) is 5.92 Å².